The van der Waals surface area contributed by atoms with Crippen LogP contribution in [0.3, 0.4) is 0 Å². The van der Waals surface area contributed by atoms with E-state index in [-0.39, 0.29) is 12.0 Å². The first-order valence-corrected chi connectivity index (χ1v) is 10.6. The van der Waals surface area contributed by atoms with Gasteiger partial charge >= 0.3 is 0 Å². The van der Waals surface area contributed by atoms with Gasteiger partial charge in [0.05, 0.1) is 19.3 Å². The van der Waals surface area contributed by atoms with Crippen molar-refractivity contribution in [1.82, 2.24) is 15.3 Å². The highest BCUT2D eigenvalue weighted by Gasteiger charge is 2.22. The van der Waals surface area contributed by atoms with Gasteiger partial charge in [0, 0.05) is 45.9 Å². The summed E-state index contributed by atoms with van der Waals surface area (Å²) in [6.45, 7) is 4.85. The third-order valence-corrected chi connectivity index (χ3v) is 5.47. The molecule has 0 radical (unpaired) electrons. The van der Waals surface area contributed by atoms with Crippen molar-refractivity contribution in [1.29, 1.82) is 0 Å². The van der Waals surface area contributed by atoms with Gasteiger partial charge in [-0.2, -0.15) is 4.98 Å². The van der Waals surface area contributed by atoms with Crippen LogP contribution in [0.5, 0.6) is 0 Å². The lowest BCUT2D eigenvalue weighted by Gasteiger charge is -2.29. The molecule has 0 bridgehead atoms. The minimum atomic E-state index is -0.194. The number of nitrogens with zero attached hydrogens (tertiary/aromatic N) is 4. The lowest BCUT2D eigenvalue weighted by Crippen LogP contribution is -2.40. The van der Waals surface area contributed by atoms with Crippen LogP contribution in [0.15, 0.2) is 36.4 Å². The lowest BCUT2D eigenvalue weighted by atomic mass is 10.1. The van der Waals surface area contributed by atoms with Crippen LogP contribution < -0.4 is 15.1 Å². The molecule has 3 heterocycles. The number of likely N-dealkylation sites (N-methyl/N-ethyl adjacent to an activating group) is 1. The average Bonchev–Trinajstić information content (AvgIpc) is 2.77. The molecule has 1 aromatic heterocycles. The summed E-state index contributed by atoms with van der Waals surface area (Å²) in [5, 5.41) is 2.94. The van der Waals surface area contributed by atoms with Gasteiger partial charge in [-0.15, -0.1) is 0 Å². The topological polar surface area (TPSA) is 79.8 Å². The standard InChI is InChI=1S/C22H29N5O3/c1-26(9-7-17-5-3-2-4-6-17)22-24-19(21(28)23-16-18-8-12-30-18)15-20(25-22)27-10-13-29-14-11-27/h2-6,15,18H,7-14,16H2,1H3,(H,23,28). The molecule has 8 heteroatoms. The quantitative estimate of drug-likeness (QED) is 0.705. The molecule has 2 aromatic rings. The Labute approximate surface area is 177 Å². The highest BCUT2D eigenvalue weighted by molar-refractivity contribution is 5.93. The van der Waals surface area contributed by atoms with Crippen molar-refractivity contribution in [3.8, 4) is 0 Å². The highest BCUT2D eigenvalue weighted by Crippen LogP contribution is 2.19. The van der Waals surface area contributed by atoms with Gasteiger partial charge in [-0.3, -0.25) is 4.79 Å². The molecule has 160 valence electrons. The van der Waals surface area contributed by atoms with Crippen LogP contribution >= 0.6 is 0 Å². The maximum atomic E-state index is 12.8. The number of hydrogen-bond donors (Lipinski definition) is 1. The number of amides is 1. The summed E-state index contributed by atoms with van der Waals surface area (Å²) in [6.07, 6.45) is 1.97. The van der Waals surface area contributed by atoms with Gasteiger partial charge in [-0.25, -0.2) is 4.98 Å². The zero-order valence-electron chi connectivity index (χ0n) is 17.4. The maximum Gasteiger partial charge on any atom is 0.270 e. The largest absolute Gasteiger partial charge is 0.378 e. The summed E-state index contributed by atoms with van der Waals surface area (Å²) in [7, 11) is 1.96. The summed E-state index contributed by atoms with van der Waals surface area (Å²) in [5.41, 5.74) is 1.64. The summed E-state index contributed by atoms with van der Waals surface area (Å²) in [4.78, 5) is 26.2. The fourth-order valence-electron chi connectivity index (χ4n) is 3.45. The lowest BCUT2D eigenvalue weighted by molar-refractivity contribution is -0.0473. The van der Waals surface area contributed by atoms with Gasteiger partial charge in [0.2, 0.25) is 5.95 Å². The second kappa shape index (κ2) is 9.86. The van der Waals surface area contributed by atoms with Crippen molar-refractivity contribution in [2.24, 2.45) is 0 Å². The van der Waals surface area contributed by atoms with E-state index in [0.29, 0.717) is 31.4 Å². The zero-order chi connectivity index (χ0) is 20.8. The molecular weight excluding hydrogens is 382 g/mol. The second-order valence-corrected chi connectivity index (χ2v) is 7.66. The Morgan fingerprint density at radius 1 is 1.20 bits per heavy atom. The van der Waals surface area contributed by atoms with E-state index >= 15 is 0 Å². The number of carbonyl (C=O) groups is 1. The molecule has 8 nitrogen and oxygen atoms in total. The first-order valence-electron chi connectivity index (χ1n) is 10.6. The number of ether oxygens (including phenoxy) is 2. The Balaban J connectivity index is 1.50. The van der Waals surface area contributed by atoms with Crippen LogP contribution in [-0.4, -0.2) is 75.0 Å². The highest BCUT2D eigenvalue weighted by atomic mass is 16.5. The second-order valence-electron chi connectivity index (χ2n) is 7.66. The maximum absolute atomic E-state index is 12.8. The Morgan fingerprint density at radius 3 is 2.67 bits per heavy atom. The first kappa shape index (κ1) is 20.6. The fourth-order valence-corrected chi connectivity index (χ4v) is 3.45. The van der Waals surface area contributed by atoms with Crippen LogP contribution in [0.4, 0.5) is 11.8 Å². The number of morpholine rings is 1. The molecule has 2 aliphatic heterocycles. The van der Waals surface area contributed by atoms with E-state index in [4.69, 9.17) is 14.5 Å². The van der Waals surface area contributed by atoms with Crippen molar-refractivity contribution in [2.45, 2.75) is 18.9 Å². The molecule has 30 heavy (non-hydrogen) atoms. The van der Waals surface area contributed by atoms with Crippen molar-refractivity contribution in [2.75, 3.05) is 62.8 Å². The Bertz CT molecular complexity index is 838. The van der Waals surface area contributed by atoms with E-state index in [9.17, 15) is 4.79 Å². The van der Waals surface area contributed by atoms with Crippen molar-refractivity contribution < 1.29 is 14.3 Å². The summed E-state index contributed by atoms with van der Waals surface area (Å²) < 4.78 is 10.9. The number of nitrogens with one attached hydrogen (secondary N) is 1. The van der Waals surface area contributed by atoms with Gasteiger partial charge < -0.3 is 24.6 Å². The Morgan fingerprint density at radius 2 is 1.97 bits per heavy atom. The Hall–Kier alpha value is -2.71. The molecular formula is C22H29N5O3. The van der Waals surface area contributed by atoms with Gasteiger partial charge in [0.25, 0.3) is 5.91 Å². The molecule has 0 aliphatic carbocycles. The van der Waals surface area contributed by atoms with E-state index in [1.807, 2.05) is 30.1 Å². The van der Waals surface area contributed by atoms with Crippen molar-refractivity contribution in [3.63, 3.8) is 0 Å². The molecule has 2 fully saturated rings. The first-order chi connectivity index (χ1) is 14.7. The molecule has 2 saturated heterocycles. The number of carbonyl (C=O) groups excluding carboxylic acids is 1. The van der Waals surface area contributed by atoms with Gasteiger partial charge in [-0.1, -0.05) is 30.3 Å². The number of hydrogen-bond acceptors (Lipinski definition) is 7. The van der Waals surface area contributed by atoms with Crippen LogP contribution in [0, 0.1) is 0 Å². The van der Waals surface area contributed by atoms with Crippen LogP contribution in [0.2, 0.25) is 0 Å². The number of anilines is 2. The monoisotopic (exact) mass is 411 g/mol. The van der Waals surface area contributed by atoms with Crippen molar-refractivity contribution in [3.05, 3.63) is 47.7 Å². The smallest absolute Gasteiger partial charge is 0.270 e. The van der Waals surface area contributed by atoms with Crippen LogP contribution in [-0.2, 0) is 15.9 Å². The SMILES string of the molecule is CN(CCc1ccccc1)c1nc(C(=O)NCC2CCO2)cc(N2CCOCC2)n1. The zero-order valence-corrected chi connectivity index (χ0v) is 17.4. The van der Waals surface area contributed by atoms with E-state index in [1.165, 1.54) is 5.56 Å². The molecule has 4 rings (SSSR count). The third kappa shape index (κ3) is 5.25. The molecule has 1 amide bonds. The average molecular weight is 412 g/mol. The van der Waals surface area contributed by atoms with E-state index in [2.05, 4.69) is 27.3 Å². The predicted molar refractivity (Wildman–Crippen MR) is 115 cm³/mol. The molecule has 2 aliphatic rings. The van der Waals surface area contributed by atoms with Crippen LogP contribution in [0.1, 0.15) is 22.5 Å². The third-order valence-electron chi connectivity index (χ3n) is 5.47. The van der Waals surface area contributed by atoms with Crippen molar-refractivity contribution >= 4 is 17.7 Å². The summed E-state index contributed by atoms with van der Waals surface area (Å²) in [6, 6.07) is 12.1. The molecule has 0 spiro atoms. The normalized spacial score (nSPS) is 18.6. The molecule has 1 atom stereocenters. The molecule has 1 N–H and O–H groups in total. The van der Waals surface area contributed by atoms with Crippen LogP contribution in [0.25, 0.3) is 0 Å². The number of aromatic nitrogens is 2. The summed E-state index contributed by atoms with van der Waals surface area (Å²) in [5.74, 6) is 1.12. The molecule has 1 unspecified atom stereocenters. The predicted octanol–water partition coefficient (Wildman–Crippen LogP) is 1.51. The van der Waals surface area contributed by atoms with E-state index in [1.54, 1.807) is 6.07 Å². The number of rotatable bonds is 8. The van der Waals surface area contributed by atoms with Gasteiger partial charge in [0.1, 0.15) is 11.5 Å². The molecule has 1 aromatic carbocycles. The van der Waals surface area contributed by atoms with Gasteiger partial charge in [0.15, 0.2) is 0 Å². The summed E-state index contributed by atoms with van der Waals surface area (Å²) >= 11 is 0. The fraction of sp³-hybridized carbons (Fsp3) is 0.500. The van der Waals surface area contributed by atoms with Gasteiger partial charge in [-0.05, 0) is 18.4 Å². The minimum absolute atomic E-state index is 0.113. The minimum Gasteiger partial charge on any atom is -0.378 e. The van der Waals surface area contributed by atoms with E-state index < -0.39 is 0 Å². The molecule has 0 saturated carbocycles. The Kier molecular flexibility index (Phi) is 6.76. The number of benzene rings is 1. The van der Waals surface area contributed by atoms with E-state index in [0.717, 1.165) is 44.9 Å².